The molecule has 1 aliphatic heterocycles. The molecule has 0 radical (unpaired) electrons. The minimum atomic E-state index is -0.909. The predicted molar refractivity (Wildman–Crippen MR) is 90.3 cm³/mol. The first-order valence-corrected chi connectivity index (χ1v) is 8.12. The summed E-state index contributed by atoms with van der Waals surface area (Å²) in [6.07, 6.45) is 3.14. The fraction of sp³-hybridized carbons (Fsp3) is 0.294. The fourth-order valence-corrected chi connectivity index (χ4v) is 3.12. The van der Waals surface area contributed by atoms with Gasteiger partial charge < -0.3 is 9.80 Å². The van der Waals surface area contributed by atoms with Gasteiger partial charge in [0.05, 0.1) is 18.1 Å². The number of nitrogens with zero attached hydrogens (tertiary/aromatic N) is 6. The van der Waals surface area contributed by atoms with Crippen LogP contribution in [0.25, 0.3) is 11.0 Å². The Balaban J connectivity index is 1.51. The van der Waals surface area contributed by atoms with E-state index in [1.165, 1.54) is 12.4 Å². The molecule has 1 amide bonds. The van der Waals surface area contributed by atoms with Crippen molar-refractivity contribution < 1.29 is 13.6 Å². The van der Waals surface area contributed by atoms with Crippen LogP contribution in [0.15, 0.2) is 30.7 Å². The highest BCUT2D eigenvalue weighted by molar-refractivity contribution is 5.90. The van der Waals surface area contributed by atoms with E-state index in [-0.39, 0.29) is 19.0 Å². The van der Waals surface area contributed by atoms with E-state index in [0.29, 0.717) is 30.1 Å². The first-order chi connectivity index (χ1) is 12.5. The average Bonchev–Trinajstić information content (AvgIpc) is 3.01. The third kappa shape index (κ3) is 2.85. The maximum atomic E-state index is 13.4. The van der Waals surface area contributed by atoms with Crippen molar-refractivity contribution in [3.05, 3.63) is 47.9 Å². The lowest BCUT2D eigenvalue weighted by molar-refractivity contribution is -0.131. The number of amides is 1. The van der Waals surface area contributed by atoms with E-state index in [9.17, 15) is 13.6 Å². The Kier molecular flexibility index (Phi) is 3.98. The van der Waals surface area contributed by atoms with Crippen LogP contribution in [-0.4, -0.2) is 50.2 Å². The number of aromatic nitrogens is 4. The molecule has 0 unspecified atom stereocenters. The molecule has 1 aliphatic rings. The molecule has 3 heterocycles. The molecule has 0 bridgehead atoms. The molecular weight excluding hydrogens is 342 g/mol. The van der Waals surface area contributed by atoms with Crippen LogP contribution in [0.2, 0.25) is 0 Å². The van der Waals surface area contributed by atoms with Crippen LogP contribution in [0, 0.1) is 11.6 Å². The van der Waals surface area contributed by atoms with Crippen molar-refractivity contribution in [3.8, 4) is 0 Å². The lowest BCUT2D eigenvalue weighted by Crippen LogP contribution is -2.50. The highest BCUT2D eigenvalue weighted by Gasteiger charge is 2.26. The average molecular weight is 358 g/mol. The Morgan fingerprint density at radius 3 is 2.77 bits per heavy atom. The van der Waals surface area contributed by atoms with Gasteiger partial charge in [-0.25, -0.2) is 18.7 Å². The summed E-state index contributed by atoms with van der Waals surface area (Å²) >= 11 is 0. The highest BCUT2D eigenvalue weighted by Crippen LogP contribution is 2.24. The molecule has 7 nitrogen and oxygen atoms in total. The summed E-state index contributed by atoms with van der Waals surface area (Å²) in [5, 5.41) is 4.97. The van der Waals surface area contributed by atoms with Crippen molar-refractivity contribution in [1.82, 2.24) is 24.6 Å². The molecule has 0 aliphatic carbocycles. The summed E-state index contributed by atoms with van der Waals surface area (Å²) in [5.41, 5.74) is 1.26. The number of piperazine rings is 1. The molecule has 0 atom stereocenters. The van der Waals surface area contributed by atoms with Gasteiger partial charge in [-0.15, -0.1) is 0 Å². The highest BCUT2D eigenvalue weighted by atomic mass is 19.2. The number of hydrogen-bond donors (Lipinski definition) is 0. The third-order valence-corrected chi connectivity index (χ3v) is 4.48. The van der Waals surface area contributed by atoms with Gasteiger partial charge in [0.25, 0.3) is 0 Å². The molecule has 0 saturated carbocycles. The van der Waals surface area contributed by atoms with E-state index >= 15 is 0 Å². The zero-order valence-corrected chi connectivity index (χ0v) is 14.1. The molecule has 1 aromatic carbocycles. The zero-order valence-electron chi connectivity index (χ0n) is 14.1. The summed E-state index contributed by atoms with van der Waals surface area (Å²) < 4.78 is 28.1. The third-order valence-electron chi connectivity index (χ3n) is 4.48. The topological polar surface area (TPSA) is 67.2 Å². The quantitative estimate of drug-likeness (QED) is 0.710. The molecular formula is C17H16F2N6O. The van der Waals surface area contributed by atoms with Gasteiger partial charge in [-0.3, -0.25) is 9.48 Å². The maximum absolute atomic E-state index is 13.4. The molecule has 134 valence electrons. The van der Waals surface area contributed by atoms with Crippen LogP contribution in [0.4, 0.5) is 14.6 Å². The predicted octanol–water partition coefficient (Wildman–Crippen LogP) is 1.49. The molecule has 0 N–H and O–H groups in total. The van der Waals surface area contributed by atoms with Crippen molar-refractivity contribution in [2.45, 2.75) is 6.54 Å². The first-order valence-electron chi connectivity index (χ1n) is 8.12. The Morgan fingerprint density at radius 1 is 1.15 bits per heavy atom. The second kappa shape index (κ2) is 6.32. The van der Waals surface area contributed by atoms with E-state index in [1.54, 1.807) is 22.8 Å². The summed E-state index contributed by atoms with van der Waals surface area (Å²) in [4.78, 5) is 24.6. The van der Waals surface area contributed by atoms with Crippen LogP contribution in [0.5, 0.6) is 0 Å². The number of benzene rings is 1. The number of carbonyl (C=O) groups is 1. The van der Waals surface area contributed by atoms with Gasteiger partial charge >= 0.3 is 0 Å². The van der Waals surface area contributed by atoms with Crippen LogP contribution in [-0.2, 0) is 18.4 Å². The summed E-state index contributed by atoms with van der Waals surface area (Å²) in [7, 11) is 1.80. The van der Waals surface area contributed by atoms with Gasteiger partial charge in [0.2, 0.25) is 5.91 Å². The van der Waals surface area contributed by atoms with Crippen molar-refractivity contribution in [2.75, 3.05) is 24.5 Å². The lowest BCUT2D eigenvalue weighted by Gasteiger charge is -2.35. The van der Waals surface area contributed by atoms with Crippen molar-refractivity contribution in [3.63, 3.8) is 0 Å². The maximum Gasteiger partial charge on any atom is 0.242 e. The summed E-state index contributed by atoms with van der Waals surface area (Å²) in [6, 6.07) is 3.69. The van der Waals surface area contributed by atoms with Gasteiger partial charge in [0.15, 0.2) is 17.3 Å². The van der Waals surface area contributed by atoms with Crippen molar-refractivity contribution >= 4 is 22.8 Å². The number of anilines is 1. The van der Waals surface area contributed by atoms with E-state index in [0.717, 1.165) is 17.5 Å². The normalized spacial score (nSPS) is 15.1. The summed E-state index contributed by atoms with van der Waals surface area (Å²) in [5.74, 6) is -1.23. The largest absolute Gasteiger partial charge is 0.345 e. The van der Waals surface area contributed by atoms with Gasteiger partial charge in [-0.2, -0.15) is 5.10 Å². The van der Waals surface area contributed by atoms with Crippen LogP contribution >= 0.6 is 0 Å². The van der Waals surface area contributed by atoms with Crippen LogP contribution in [0.1, 0.15) is 5.56 Å². The van der Waals surface area contributed by atoms with E-state index in [2.05, 4.69) is 15.1 Å². The molecule has 2 aromatic heterocycles. The standard InChI is InChI=1S/C17H16F2N6O/c1-23-16-12(7-22-23)17(21-10-20-16)25-5-4-24(15(26)9-25)8-11-2-3-13(18)14(19)6-11/h2-3,6-7,10H,4-5,8-9H2,1H3. The number of fused-ring (bicyclic) bond motifs is 1. The van der Waals surface area contributed by atoms with Gasteiger partial charge in [0.1, 0.15) is 12.1 Å². The van der Waals surface area contributed by atoms with E-state index in [1.807, 2.05) is 4.90 Å². The number of rotatable bonds is 3. The lowest BCUT2D eigenvalue weighted by atomic mass is 10.2. The Hall–Kier alpha value is -3.10. The zero-order chi connectivity index (χ0) is 18.3. The molecule has 3 aromatic rings. The van der Waals surface area contributed by atoms with Crippen LogP contribution in [0.3, 0.4) is 0 Å². The Bertz CT molecular complexity index is 989. The first kappa shape index (κ1) is 16.4. The van der Waals surface area contributed by atoms with Gasteiger partial charge in [0, 0.05) is 26.7 Å². The second-order valence-electron chi connectivity index (χ2n) is 6.19. The minimum Gasteiger partial charge on any atom is -0.345 e. The summed E-state index contributed by atoms with van der Waals surface area (Å²) in [6.45, 7) is 1.45. The Labute approximate surface area is 147 Å². The number of carbonyl (C=O) groups excluding carboxylic acids is 1. The van der Waals surface area contributed by atoms with Crippen molar-refractivity contribution in [1.29, 1.82) is 0 Å². The monoisotopic (exact) mass is 358 g/mol. The molecule has 9 heteroatoms. The number of hydrogen-bond acceptors (Lipinski definition) is 5. The second-order valence-corrected chi connectivity index (χ2v) is 6.19. The number of halogens is 2. The molecule has 1 saturated heterocycles. The smallest absolute Gasteiger partial charge is 0.242 e. The fourth-order valence-electron chi connectivity index (χ4n) is 3.12. The molecule has 26 heavy (non-hydrogen) atoms. The molecule has 4 rings (SSSR count). The molecule has 1 fully saturated rings. The van der Waals surface area contributed by atoms with Gasteiger partial charge in [-0.1, -0.05) is 6.07 Å². The Morgan fingerprint density at radius 2 is 2.00 bits per heavy atom. The SMILES string of the molecule is Cn1ncc2c(N3CCN(Cc4ccc(F)c(F)c4)C(=O)C3)ncnc21. The van der Waals surface area contributed by atoms with Gasteiger partial charge in [-0.05, 0) is 17.7 Å². The number of aryl methyl sites for hydroxylation is 1. The van der Waals surface area contributed by atoms with Crippen molar-refractivity contribution in [2.24, 2.45) is 7.05 Å². The van der Waals surface area contributed by atoms with E-state index in [4.69, 9.17) is 0 Å². The van der Waals surface area contributed by atoms with Crippen LogP contribution < -0.4 is 4.90 Å². The molecule has 0 spiro atoms. The minimum absolute atomic E-state index is 0.100. The van der Waals surface area contributed by atoms with E-state index < -0.39 is 11.6 Å².